The van der Waals surface area contributed by atoms with Crippen molar-refractivity contribution in [2.45, 2.75) is 6.92 Å². The fourth-order valence-corrected chi connectivity index (χ4v) is 1.16. The van der Waals surface area contributed by atoms with Crippen LogP contribution in [0.25, 0.3) is 5.82 Å². The highest BCUT2D eigenvalue weighted by atomic mass is 15.3. The average Bonchev–Trinajstić information content (AvgIpc) is 2.65. The van der Waals surface area contributed by atoms with Crippen molar-refractivity contribution >= 4 is 5.82 Å². The first kappa shape index (κ1) is 8.64. The first-order valence-electron chi connectivity index (χ1n) is 4.10. The van der Waals surface area contributed by atoms with Gasteiger partial charge in [0.2, 0.25) is 0 Å². The quantitative estimate of drug-likeness (QED) is 0.524. The summed E-state index contributed by atoms with van der Waals surface area (Å²) in [5.74, 6) is 7.30. The highest BCUT2D eigenvalue weighted by molar-refractivity contribution is 5.34. The lowest BCUT2D eigenvalue weighted by Gasteiger charge is -2.04. The minimum absolute atomic E-state index is 0.524. The number of aromatic nitrogens is 4. The van der Waals surface area contributed by atoms with Crippen LogP contribution in [0.5, 0.6) is 0 Å². The van der Waals surface area contributed by atoms with E-state index in [4.69, 9.17) is 5.84 Å². The molecule has 2 rings (SSSR count). The Bertz CT molecular complexity index is 435. The molecule has 72 valence electrons. The summed E-state index contributed by atoms with van der Waals surface area (Å²) >= 11 is 0. The van der Waals surface area contributed by atoms with Crippen molar-refractivity contribution in [3.63, 3.8) is 0 Å². The van der Waals surface area contributed by atoms with Crippen molar-refractivity contribution in [2.75, 3.05) is 5.43 Å². The van der Waals surface area contributed by atoms with E-state index in [2.05, 4.69) is 20.4 Å². The van der Waals surface area contributed by atoms with E-state index in [9.17, 15) is 0 Å². The van der Waals surface area contributed by atoms with E-state index in [1.165, 1.54) is 0 Å². The molecule has 0 aliphatic heterocycles. The van der Waals surface area contributed by atoms with Gasteiger partial charge in [-0.15, -0.1) is 0 Å². The molecule has 0 amide bonds. The zero-order valence-corrected chi connectivity index (χ0v) is 7.68. The molecule has 0 saturated heterocycles. The molecule has 3 N–H and O–H groups in total. The normalized spacial score (nSPS) is 10.1. The Morgan fingerprint density at radius 3 is 2.93 bits per heavy atom. The van der Waals surface area contributed by atoms with Crippen LogP contribution >= 0.6 is 0 Å². The largest absolute Gasteiger partial charge is 0.307 e. The van der Waals surface area contributed by atoms with E-state index in [0.717, 1.165) is 5.82 Å². The van der Waals surface area contributed by atoms with Crippen LogP contribution in [-0.2, 0) is 0 Å². The van der Waals surface area contributed by atoms with Crippen LogP contribution < -0.4 is 11.3 Å². The molecular formula is C8H10N6. The van der Waals surface area contributed by atoms with Gasteiger partial charge in [0.05, 0.1) is 12.4 Å². The van der Waals surface area contributed by atoms with E-state index < -0.39 is 0 Å². The third kappa shape index (κ3) is 1.42. The Kier molecular flexibility index (Phi) is 2.11. The van der Waals surface area contributed by atoms with Gasteiger partial charge in [-0.25, -0.2) is 15.8 Å². The molecular weight excluding hydrogens is 180 g/mol. The van der Waals surface area contributed by atoms with Crippen molar-refractivity contribution in [3.05, 3.63) is 30.6 Å². The van der Waals surface area contributed by atoms with E-state index >= 15 is 0 Å². The molecule has 0 spiro atoms. The predicted molar refractivity (Wildman–Crippen MR) is 51.7 cm³/mol. The molecule has 6 heteroatoms. The van der Waals surface area contributed by atoms with Gasteiger partial charge in [0, 0.05) is 12.4 Å². The minimum Gasteiger partial charge on any atom is -0.307 e. The number of nitrogens with zero attached hydrogens (tertiary/aromatic N) is 4. The van der Waals surface area contributed by atoms with Crippen molar-refractivity contribution < 1.29 is 0 Å². The molecule has 0 unspecified atom stereocenters. The van der Waals surface area contributed by atoms with Crippen LogP contribution in [0.4, 0.5) is 5.82 Å². The molecule has 0 atom stereocenters. The van der Waals surface area contributed by atoms with E-state index in [1.807, 2.05) is 17.7 Å². The monoisotopic (exact) mass is 190 g/mol. The summed E-state index contributed by atoms with van der Waals surface area (Å²) in [6.07, 6.45) is 6.73. The van der Waals surface area contributed by atoms with Gasteiger partial charge < -0.3 is 5.43 Å². The van der Waals surface area contributed by atoms with Crippen LogP contribution in [0.2, 0.25) is 0 Å². The van der Waals surface area contributed by atoms with Crippen molar-refractivity contribution in [1.82, 2.24) is 19.5 Å². The summed E-state index contributed by atoms with van der Waals surface area (Å²) in [7, 11) is 0. The summed E-state index contributed by atoms with van der Waals surface area (Å²) in [5, 5.41) is 0. The Morgan fingerprint density at radius 2 is 2.29 bits per heavy atom. The van der Waals surface area contributed by atoms with Gasteiger partial charge >= 0.3 is 0 Å². The average molecular weight is 190 g/mol. The SMILES string of the molecule is Cc1nccn1-c1cncc(NN)n1. The summed E-state index contributed by atoms with van der Waals surface area (Å²) in [4.78, 5) is 12.3. The zero-order valence-electron chi connectivity index (χ0n) is 7.68. The van der Waals surface area contributed by atoms with Crippen LogP contribution in [0.3, 0.4) is 0 Å². The lowest BCUT2D eigenvalue weighted by molar-refractivity contribution is 0.918. The predicted octanol–water partition coefficient (Wildman–Crippen LogP) is 0.256. The first-order valence-corrected chi connectivity index (χ1v) is 4.10. The molecule has 0 aliphatic rings. The molecule has 14 heavy (non-hydrogen) atoms. The molecule has 0 bridgehead atoms. The van der Waals surface area contributed by atoms with E-state index in [0.29, 0.717) is 11.6 Å². The van der Waals surface area contributed by atoms with Gasteiger partial charge in [0.1, 0.15) is 5.82 Å². The van der Waals surface area contributed by atoms with Gasteiger partial charge in [0.15, 0.2) is 11.6 Å². The Morgan fingerprint density at radius 1 is 1.43 bits per heavy atom. The standard InChI is InChI=1S/C8H10N6/c1-6-11-2-3-14(6)8-5-10-4-7(12-8)13-9/h2-5H,9H2,1H3,(H,12,13). The van der Waals surface area contributed by atoms with Crippen molar-refractivity contribution in [3.8, 4) is 5.82 Å². The number of hydrogen-bond donors (Lipinski definition) is 2. The molecule has 2 heterocycles. The third-order valence-corrected chi connectivity index (χ3v) is 1.84. The topological polar surface area (TPSA) is 81.7 Å². The summed E-state index contributed by atoms with van der Waals surface area (Å²) in [6, 6.07) is 0. The van der Waals surface area contributed by atoms with Crippen LogP contribution in [-0.4, -0.2) is 19.5 Å². The summed E-state index contributed by atoms with van der Waals surface area (Å²) < 4.78 is 1.83. The number of rotatable bonds is 2. The number of aryl methyl sites for hydroxylation is 1. The number of anilines is 1. The third-order valence-electron chi connectivity index (χ3n) is 1.84. The second kappa shape index (κ2) is 3.43. The lowest BCUT2D eigenvalue weighted by atomic mass is 10.6. The van der Waals surface area contributed by atoms with Gasteiger partial charge in [-0.2, -0.15) is 0 Å². The highest BCUT2D eigenvalue weighted by Gasteiger charge is 2.02. The highest BCUT2D eigenvalue weighted by Crippen LogP contribution is 2.07. The molecule has 0 saturated carbocycles. The Labute approximate surface area is 80.8 Å². The maximum Gasteiger partial charge on any atom is 0.160 e. The molecule has 0 fully saturated rings. The van der Waals surface area contributed by atoms with Crippen LogP contribution in [0, 0.1) is 6.92 Å². The van der Waals surface area contributed by atoms with Crippen molar-refractivity contribution in [2.24, 2.45) is 5.84 Å². The van der Waals surface area contributed by atoms with Crippen LogP contribution in [0.1, 0.15) is 5.82 Å². The number of hydrogen-bond acceptors (Lipinski definition) is 5. The summed E-state index contributed by atoms with van der Waals surface area (Å²) in [5.41, 5.74) is 2.44. The number of hydrazine groups is 1. The Balaban J connectivity index is 2.47. The molecule has 0 aliphatic carbocycles. The minimum atomic E-state index is 0.524. The van der Waals surface area contributed by atoms with Gasteiger partial charge in [-0.3, -0.25) is 9.55 Å². The van der Waals surface area contributed by atoms with E-state index in [-0.39, 0.29) is 0 Å². The maximum atomic E-state index is 5.23. The molecule has 2 aromatic rings. The lowest BCUT2D eigenvalue weighted by Crippen LogP contribution is -2.10. The number of nitrogen functional groups attached to an aromatic ring is 1. The summed E-state index contributed by atoms with van der Waals surface area (Å²) in [6.45, 7) is 1.89. The zero-order chi connectivity index (χ0) is 9.97. The first-order chi connectivity index (χ1) is 6.81. The molecule has 2 aromatic heterocycles. The number of nitrogens with two attached hydrogens (primary N) is 1. The number of nitrogens with one attached hydrogen (secondary N) is 1. The molecule has 6 nitrogen and oxygen atoms in total. The fraction of sp³-hybridized carbons (Fsp3) is 0.125. The molecule has 0 aromatic carbocycles. The second-order valence-corrected chi connectivity index (χ2v) is 2.75. The van der Waals surface area contributed by atoms with Crippen LogP contribution in [0.15, 0.2) is 24.8 Å². The second-order valence-electron chi connectivity index (χ2n) is 2.75. The number of imidazole rings is 1. The van der Waals surface area contributed by atoms with Crippen molar-refractivity contribution in [1.29, 1.82) is 0 Å². The van der Waals surface area contributed by atoms with Gasteiger partial charge in [0.25, 0.3) is 0 Å². The van der Waals surface area contributed by atoms with Gasteiger partial charge in [-0.1, -0.05) is 0 Å². The Hall–Kier alpha value is -1.95. The molecule has 0 radical (unpaired) electrons. The maximum absolute atomic E-state index is 5.23. The fourth-order valence-electron chi connectivity index (χ4n) is 1.16. The smallest absolute Gasteiger partial charge is 0.160 e. The van der Waals surface area contributed by atoms with Gasteiger partial charge in [-0.05, 0) is 6.92 Å². The van der Waals surface area contributed by atoms with E-state index in [1.54, 1.807) is 18.6 Å².